The Morgan fingerprint density at radius 1 is 0.900 bits per heavy atom. The van der Waals surface area contributed by atoms with Gasteiger partial charge < -0.3 is 15.2 Å². The molecule has 0 saturated heterocycles. The van der Waals surface area contributed by atoms with Crippen LogP contribution in [0.15, 0.2) is 58.9 Å². The van der Waals surface area contributed by atoms with Crippen LogP contribution in [0.1, 0.15) is 104 Å². The molecule has 5 heteroatoms. The van der Waals surface area contributed by atoms with E-state index in [1.54, 1.807) is 18.2 Å². The zero-order chi connectivity index (χ0) is 28.0. The first kappa shape index (κ1) is 26.9. The van der Waals surface area contributed by atoms with E-state index < -0.39 is 5.92 Å². The van der Waals surface area contributed by atoms with Crippen LogP contribution in [0, 0.1) is 26.7 Å². The zero-order valence-electron chi connectivity index (χ0n) is 24.0. The number of aryl methyl sites for hydroxylation is 3. The quantitative estimate of drug-likeness (QED) is 0.389. The van der Waals surface area contributed by atoms with Crippen LogP contribution in [0.2, 0.25) is 0 Å². The highest BCUT2D eigenvalue weighted by Crippen LogP contribution is 2.49. The Balaban J connectivity index is 1.47. The van der Waals surface area contributed by atoms with Crippen LogP contribution < -0.4 is 5.32 Å². The minimum Gasteiger partial charge on any atom is -0.508 e. The summed E-state index contributed by atoms with van der Waals surface area (Å²) in [7, 11) is 0. The molecule has 3 aliphatic carbocycles. The largest absolute Gasteiger partial charge is 0.508 e. The van der Waals surface area contributed by atoms with Gasteiger partial charge in [0.05, 0.1) is 5.57 Å². The van der Waals surface area contributed by atoms with Gasteiger partial charge >= 0.3 is 5.97 Å². The molecule has 2 N–H and O–H groups in total. The number of aromatic hydroxyl groups is 1. The first-order chi connectivity index (χ1) is 19.3. The smallest absolute Gasteiger partial charge is 0.337 e. The van der Waals surface area contributed by atoms with Crippen molar-refractivity contribution >= 4 is 11.8 Å². The number of hydrogen-bond acceptors (Lipinski definition) is 5. The second-order valence-electron chi connectivity index (χ2n) is 12.5. The van der Waals surface area contributed by atoms with Crippen LogP contribution in [0.5, 0.6) is 5.75 Å². The number of benzene rings is 2. The van der Waals surface area contributed by atoms with E-state index >= 15 is 0 Å². The summed E-state index contributed by atoms with van der Waals surface area (Å²) in [6, 6.07) is 11.5. The number of ketones is 1. The van der Waals surface area contributed by atoms with Crippen molar-refractivity contribution in [1.29, 1.82) is 0 Å². The number of Topliss-reactive ketones (excluding diaryl/α,β-unsaturated/α-hetero) is 1. The van der Waals surface area contributed by atoms with Gasteiger partial charge in [-0.2, -0.15) is 0 Å². The number of rotatable bonds is 5. The molecule has 1 heterocycles. The van der Waals surface area contributed by atoms with Gasteiger partial charge in [0.1, 0.15) is 11.9 Å². The Labute approximate surface area is 237 Å². The van der Waals surface area contributed by atoms with E-state index in [0.29, 0.717) is 17.6 Å². The third kappa shape index (κ3) is 5.00. The SMILES string of the molecule is Cc1cc(C)c(C2CC(=O)C3=C(C2)NC(C2CCCC2)=C(C(=O)OC2CCCC2)C3c2cccc(O)c2)c(C)c1. The summed E-state index contributed by atoms with van der Waals surface area (Å²) in [5, 5.41) is 14.2. The number of carbonyl (C=O) groups excluding carboxylic acids is 2. The van der Waals surface area contributed by atoms with Gasteiger partial charge in [-0.15, -0.1) is 0 Å². The Morgan fingerprint density at radius 2 is 1.57 bits per heavy atom. The Hall–Kier alpha value is -3.34. The summed E-state index contributed by atoms with van der Waals surface area (Å²) >= 11 is 0. The summed E-state index contributed by atoms with van der Waals surface area (Å²) in [5.41, 5.74) is 8.86. The van der Waals surface area contributed by atoms with Gasteiger partial charge in [0.15, 0.2) is 5.78 Å². The number of nitrogens with one attached hydrogen (secondary N) is 1. The number of dihydropyridines is 1. The van der Waals surface area contributed by atoms with E-state index in [9.17, 15) is 14.7 Å². The van der Waals surface area contributed by atoms with Crippen LogP contribution in [0.4, 0.5) is 0 Å². The molecule has 6 rings (SSSR count). The highest BCUT2D eigenvalue weighted by molar-refractivity contribution is 6.04. The lowest BCUT2D eigenvalue weighted by atomic mass is 9.69. The number of phenolic OH excluding ortho intramolecular Hbond substituents is 1. The summed E-state index contributed by atoms with van der Waals surface area (Å²) in [5.74, 6) is -0.318. The van der Waals surface area contributed by atoms with Gasteiger partial charge in [-0.05, 0) is 112 Å². The van der Waals surface area contributed by atoms with Gasteiger partial charge in [-0.3, -0.25) is 4.79 Å². The van der Waals surface area contributed by atoms with Gasteiger partial charge in [-0.25, -0.2) is 4.79 Å². The highest BCUT2D eigenvalue weighted by Gasteiger charge is 2.44. The average Bonchev–Trinajstić information content (AvgIpc) is 3.62. The predicted molar refractivity (Wildman–Crippen MR) is 156 cm³/mol. The highest BCUT2D eigenvalue weighted by atomic mass is 16.5. The zero-order valence-corrected chi connectivity index (χ0v) is 24.0. The number of ether oxygens (including phenoxy) is 1. The molecule has 2 aromatic rings. The molecule has 2 saturated carbocycles. The van der Waals surface area contributed by atoms with Crippen molar-refractivity contribution in [3.63, 3.8) is 0 Å². The molecule has 0 spiro atoms. The second-order valence-corrected chi connectivity index (χ2v) is 12.5. The lowest BCUT2D eigenvalue weighted by Gasteiger charge is -2.39. The molecule has 0 aromatic heterocycles. The van der Waals surface area contributed by atoms with Crippen molar-refractivity contribution in [1.82, 2.24) is 5.32 Å². The third-order valence-electron chi connectivity index (χ3n) is 9.57. The maximum absolute atomic E-state index is 14.2. The molecule has 0 amide bonds. The molecule has 1 aliphatic heterocycles. The van der Waals surface area contributed by atoms with E-state index in [0.717, 1.165) is 74.7 Å². The van der Waals surface area contributed by atoms with Crippen LogP contribution in [0.25, 0.3) is 0 Å². The minimum atomic E-state index is -0.540. The average molecular weight is 540 g/mol. The number of esters is 1. The Kier molecular flexibility index (Phi) is 7.33. The lowest BCUT2D eigenvalue weighted by molar-refractivity contribution is -0.144. The fourth-order valence-electron chi connectivity index (χ4n) is 7.98. The van der Waals surface area contributed by atoms with Gasteiger partial charge in [0.2, 0.25) is 0 Å². The van der Waals surface area contributed by atoms with E-state index in [2.05, 4.69) is 38.2 Å². The topological polar surface area (TPSA) is 75.6 Å². The van der Waals surface area contributed by atoms with Crippen molar-refractivity contribution in [3.05, 3.63) is 86.8 Å². The fraction of sp³-hybridized carbons (Fsp3) is 0.486. The monoisotopic (exact) mass is 539 g/mol. The first-order valence-corrected chi connectivity index (χ1v) is 15.1. The molecule has 2 atom stereocenters. The number of allylic oxidation sites excluding steroid dienone is 3. The summed E-state index contributed by atoms with van der Waals surface area (Å²) in [6.45, 7) is 6.41. The molecule has 4 aliphatic rings. The molecule has 0 bridgehead atoms. The molecule has 2 unspecified atom stereocenters. The fourth-order valence-corrected chi connectivity index (χ4v) is 7.98. The molecule has 0 radical (unpaired) electrons. The standard InChI is InChI=1S/C35H41NO4/c1-20-15-21(2)30(22(3)16-20)25-18-28-32(29(38)19-25)31(24-11-8-12-26(37)17-24)33(34(36-28)23-9-4-5-10-23)35(39)40-27-13-6-7-14-27/h8,11-12,15-17,23,25,27,31,36-37H,4-7,9-10,13-14,18-19H2,1-3H3. The molecule has 40 heavy (non-hydrogen) atoms. The van der Waals surface area contributed by atoms with E-state index in [4.69, 9.17) is 4.74 Å². The molecule has 210 valence electrons. The Morgan fingerprint density at radius 3 is 2.25 bits per heavy atom. The first-order valence-electron chi connectivity index (χ1n) is 15.1. The molecule has 5 nitrogen and oxygen atoms in total. The van der Waals surface area contributed by atoms with Crippen molar-refractivity contribution in [2.75, 3.05) is 0 Å². The summed E-state index contributed by atoms with van der Waals surface area (Å²) in [4.78, 5) is 28.2. The summed E-state index contributed by atoms with van der Waals surface area (Å²) in [6.07, 6.45) is 9.31. The van der Waals surface area contributed by atoms with Crippen LogP contribution >= 0.6 is 0 Å². The van der Waals surface area contributed by atoms with E-state index in [1.807, 2.05) is 6.07 Å². The third-order valence-corrected chi connectivity index (χ3v) is 9.57. The van der Waals surface area contributed by atoms with Gasteiger partial charge in [0, 0.05) is 29.3 Å². The minimum absolute atomic E-state index is 0.0658. The normalized spacial score (nSPS) is 23.9. The number of phenols is 1. The lowest BCUT2D eigenvalue weighted by Crippen LogP contribution is -2.39. The van der Waals surface area contributed by atoms with Crippen LogP contribution in [-0.2, 0) is 14.3 Å². The molecular formula is C35H41NO4. The number of hydrogen-bond donors (Lipinski definition) is 2. The Bertz CT molecular complexity index is 1380. The van der Waals surface area contributed by atoms with E-state index in [1.165, 1.54) is 22.3 Å². The van der Waals surface area contributed by atoms with Crippen molar-refractivity contribution in [3.8, 4) is 5.75 Å². The van der Waals surface area contributed by atoms with Gasteiger partial charge in [-0.1, -0.05) is 42.7 Å². The van der Waals surface area contributed by atoms with Crippen molar-refractivity contribution in [2.24, 2.45) is 5.92 Å². The number of carbonyl (C=O) groups is 2. The van der Waals surface area contributed by atoms with Crippen LogP contribution in [0.3, 0.4) is 0 Å². The van der Waals surface area contributed by atoms with Crippen molar-refractivity contribution in [2.45, 2.75) is 103 Å². The molecule has 2 fully saturated rings. The molecular weight excluding hydrogens is 498 g/mol. The van der Waals surface area contributed by atoms with Crippen molar-refractivity contribution < 1.29 is 19.4 Å². The van der Waals surface area contributed by atoms with Crippen LogP contribution in [-0.4, -0.2) is 23.0 Å². The summed E-state index contributed by atoms with van der Waals surface area (Å²) < 4.78 is 6.14. The second kappa shape index (κ2) is 10.9. The maximum Gasteiger partial charge on any atom is 0.337 e. The maximum atomic E-state index is 14.2. The predicted octanol–water partition coefficient (Wildman–Crippen LogP) is 7.34. The van der Waals surface area contributed by atoms with E-state index in [-0.39, 0.29) is 35.4 Å². The van der Waals surface area contributed by atoms with Gasteiger partial charge in [0.25, 0.3) is 0 Å². The molecule has 2 aromatic carbocycles.